The Morgan fingerprint density at radius 1 is 1.23 bits per heavy atom. The number of hydrogen-bond donors (Lipinski definition) is 2. The number of rotatable bonds is 7. The van der Waals surface area contributed by atoms with Crippen molar-refractivity contribution >= 4 is 29.9 Å². The SMILES string of the molecule is C=C(C)CN1CCC(NC(=NCCC2CC2)NCC)CC1.I. The molecule has 0 aromatic heterocycles. The molecule has 0 unspecified atom stereocenters. The molecule has 1 heterocycles. The standard InChI is InChI=1S/C17H32N4.HI/c1-4-18-17(19-10-7-15-5-6-15)20-16-8-11-21(12-9-16)13-14(2)3;/h15-16H,2,4-13H2,1,3H3,(H2,18,19,20);1H. The van der Waals surface area contributed by atoms with Crippen LogP contribution in [0.25, 0.3) is 0 Å². The van der Waals surface area contributed by atoms with E-state index < -0.39 is 0 Å². The lowest BCUT2D eigenvalue weighted by Crippen LogP contribution is -2.48. The summed E-state index contributed by atoms with van der Waals surface area (Å²) in [6, 6.07) is 0.560. The maximum Gasteiger partial charge on any atom is 0.191 e. The molecule has 0 radical (unpaired) electrons. The van der Waals surface area contributed by atoms with E-state index in [0.717, 1.165) is 44.6 Å². The van der Waals surface area contributed by atoms with E-state index in [9.17, 15) is 0 Å². The molecule has 2 N–H and O–H groups in total. The van der Waals surface area contributed by atoms with Crippen molar-refractivity contribution in [3.8, 4) is 0 Å². The van der Waals surface area contributed by atoms with Gasteiger partial charge in [0.05, 0.1) is 0 Å². The molecule has 0 amide bonds. The van der Waals surface area contributed by atoms with Crippen molar-refractivity contribution in [3.63, 3.8) is 0 Å². The lowest BCUT2D eigenvalue weighted by Gasteiger charge is -2.33. The highest BCUT2D eigenvalue weighted by atomic mass is 127. The molecule has 0 bridgehead atoms. The molecule has 0 aromatic carbocycles. The Morgan fingerprint density at radius 2 is 1.91 bits per heavy atom. The topological polar surface area (TPSA) is 39.7 Å². The average molecular weight is 420 g/mol. The molecule has 2 aliphatic rings. The molecule has 4 nitrogen and oxygen atoms in total. The van der Waals surface area contributed by atoms with Crippen LogP contribution in [0.5, 0.6) is 0 Å². The Morgan fingerprint density at radius 3 is 2.45 bits per heavy atom. The van der Waals surface area contributed by atoms with Crippen LogP contribution in [0.1, 0.15) is 46.0 Å². The smallest absolute Gasteiger partial charge is 0.191 e. The summed E-state index contributed by atoms with van der Waals surface area (Å²) in [6.07, 6.45) is 6.48. The molecule has 1 aliphatic carbocycles. The van der Waals surface area contributed by atoms with Gasteiger partial charge >= 0.3 is 0 Å². The van der Waals surface area contributed by atoms with Gasteiger partial charge in [-0.2, -0.15) is 0 Å². The van der Waals surface area contributed by atoms with Gasteiger partial charge in [0.25, 0.3) is 0 Å². The van der Waals surface area contributed by atoms with Crippen LogP contribution in [0, 0.1) is 5.92 Å². The van der Waals surface area contributed by atoms with E-state index in [1.54, 1.807) is 0 Å². The zero-order valence-electron chi connectivity index (χ0n) is 14.2. The number of aliphatic imine (C=N–C) groups is 1. The lowest BCUT2D eigenvalue weighted by molar-refractivity contribution is 0.221. The number of likely N-dealkylation sites (tertiary alicyclic amines) is 1. The highest BCUT2D eigenvalue weighted by molar-refractivity contribution is 14.0. The highest BCUT2D eigenvalue weighted by Crippen LogP contribution is 2.32. The Hall–Kier alpha value is -0.300. The van der Waals surface area contributed by atoms with E-state index in [-0.39, 0.29) is 24.0 Å². The minimum absolute atomic E-state index is 0. The monoisotopic (exact) mass is 420 g/mol. The van der Waals surface area contributed by atoms with Gasteiger partial charge < -0.3 is 10.6 Å². The van der Waals surface area contributed by atoms with Crippen molar-refractivity contribution in [3.05, 3.63) is 12.2 Å². The van der Waals surface area contributed by atoms with Gasteiger partial charge in [0, 0.05) is 38.8 Å². The Balaban J connectivity index is 0.00000242. The minimum atomic E-state index is 0. The molecule has 2 fully saturated rings. The van der Waals surface area contributed by atoms with E-state index in [0.29, 0.717) is 6.04 Å². The third kappa shape index (κ3) is 7.81. The first kappa shape index (κ1) is 19.7. The summed E-state index contributed by atoms with van der Waals surface area (Å²) in [6.45, 7) is 13.5. The normalized spacial score (nSPS) is 20.4. The fraction of sp³-hybridized carbons (Fsp3) is 0.824. The van der Waals surface area contributed by atoms with Crippen molar-refractivity contribution < 1.29 is 0 Å². The van der Waals surface area contributed by atoms with Gasteiger partial charge in [-0.1, -0.05) is 25.0 Å². The van der Waals surface area contributed by atoms with Gasteiger partial charge in [-0.15, -0.1) is 24.0 Å². The number of hydrogen-bond acceptors (Lipinski definition) is 2. The van der Waals surface area contributed by atoms with Crippen LogP contribution in [0.3, 0.4) is 0 Å². The van der Waals surface area contributed by atoms with Gasteiger partial charge in [-0.25, -0.2) is 0 Å². The molecule has 128 valence electrons. The largest absolute Gasteiger partial charge is 0.357 e. The van der Waals surface area contributed by atoms with E-state index in [1.165, 1.54) is 37.7 Å². The second-order valence-electron chi connectivity index (χ2n) is 6.64. The summed E-state index contributed by atoms with van der Waals surface area (Å²) in [5.41, 5.74) is 1.26. The van der Waals surface area contributed by atoms with Gasteiger partial charge in [0.2, 0.25) is 0 Å². The number of nitrogens with zero attached hydrogens (tertiary/aromatic N) is 2. The minimum Gasteiger partial charge on any atom is -0.357 e. The average Bonchev–Trinajstić information content (AvgIpc) is 3.25. The number of guanidine groups is 1. The number of nitrogens with one attached hydrogen (secondary N) is 2. The van der Waals surface area contributed by atoms with Crippen LogP contribution in [0.2, 0.25) is 0 Å². The maximum atomic E-state index is 4.72. The number of halogens is 1. The molecule has 5 heteroatoms. The van der Waals surface area contributed by atoms with Gasteiger partial charge in [-0.05, 0) is 39.0 Å². The van der Waals surface area contributed by atoms with Crippen LogP contribution in [0.4, 0.5) is 0 Å². The summed E-state index contributed by atoms with van der Waals surface area (Å²) in [5, 5.41) is 6.99. The van der Waals surface area contributed by atoms with Crippen molar-refractivity contribution in [2.24, 2.45) is 10.9 Å². The van der Waals surface area contributed by atoms with E-state index >= 15 is 0 Å². The Labute approximate surface area is 153 Å². The fourth-order valence-corrected chi connectivity index (χ4v) is 2.90. The van der Waals surface area contributed by atoms with Gasteiger partial charge in [0.1, 0.15) is 0 Å². The van der Waals surface area contributed by atoms with Crippen LogP contribution < -0.4 is 10.6 Å². The van der Waals surface area contributed by atoms with Gasteiger partial charge in [0.15, 0.2) is 5.96 Å². The zero-order valence-corrected chi connectivity index (χ0v) is 16.6. The first-order valence-corrected chi connectivity index (χ1v) is 8.59. The van der Waals surface area contributed by atoms with E-state index in [1.807, 2.05) is 0 Å². The van der Waals surface area contributed by atoms with Gasteiger partial charge in [-0.3, -0.25) is 9.89 Å². The first-order chi connectivity index (χ1) is 10.2. The Kier molecular flexibility index (Phi) is 9.40. The second-order valence-corrected chi connectivity index (χ2v) is 6.64. The summed E-state index contributed by atoms with van der Waals surface area (Å²) < 4.78 is 0. The summed E-state index contributed by atoms with van der Waals surface area (Å²) in [7, 11) is 0. The molecule has 22 heavy (non-hydrogen) atoms. The molecule has 1 aliphatic heterocycles. The summed E-state index contributed by atoms with van der Waals surface area (Å²) in [5.74, 6) is 1.97. The quantitative estimate of drug-likeness (QED) is 0.288. The maximum absolute atomic E-state index is 4.72. The third-order valence-corrected chi connectivity index (χ3v) is 4.27. The molecule has 1 saturated heterocycles. The molecular formula is C17H33IN4. The second kappa shape index (κ2) is 10.5. The molecular weight excluding hydrogens is 387 g/mol. The fourth-order valence-electron chi connectivity index (χ4n) is 2.90. The van der Waals surface area contributed by atoms with Crippen molar-refractivity contribution in [2.75, 3.05) is 32.7 Å². The highest BCUT2D eigenvalue weighted by Gasteiger charge is 2.21. The molecule has 1 saturated carbocycles. The van der Waals surface area contributed by atoms with E-state index in [2.05, 4.69) is 36.0 Å². The third-order valence-electron chi connectivity index (χ3n) is 4.27. The van der Waals surface area contributed by atoms with Crippen LogP contribution in [-0.4, -0.2) is 49.6 Å². The molecule has 0 spiro atoms. The predicted octanol–water partition coefficient (Wildman–Crippen LogP) is 3.00. The zero-order chi connectivity index (χ0) is 15.1. The van der Waals surface area contributed by atoms with Crippen LogP contribution in [-0.2, 0) is 0 Å². The van der Waals surface area contributed by atoms with E-state index in [4.69, 9.17) is 4.99 Å². The first-order valence-electron chi connectivity index (χ1n) is 8.59. The molecule has 0 atom stereocenters. The number of piperidine rings is 1. The predicted molar refractivity (Wildman–Crippen MR) is 106 cm³/mol. The Bertz CT molecular complexity index is 358. The van der Waals surface area contributed by atoms with Crippen LogP contribution >= 0.6 is 24.0 Å². The van der Waals surface area contributed by atoms with Crippen LogP contribution in [0.15, 0.2) is 17.1 Å². The summed E-state index contributed by atoms with van der Waals surface area (Å²) in [4.78, 5) is 7.22. The van der Waals surface area contributed by atoms with Crippen molar-refractivity contribution in [1.82, 2.24) is 15.5 Å². The molecule has 2 rings (SSSR count). The molecule has 0 aromatic rings. The van der Waals surface area contributed by atoms with Crippen molar-refractivity contribution in [1.29, 1.82) is 0 Å². The summed E-state index contributed by atoms with van der Waals surface area (Å²) >= 11 is 0. The lowest BCUT2D eigenvalue weighted by atomic mass is 10.0. The van der Waals surface area contributed by atoms with Crippen molar-refractivity contribution in [2.45, 2.75) is 52.0 Å².